The second-order valence-corrected chi connectivity index (χ2v) is 5.81. The van der Waals surface area contributed by atoms with Crippen molar-refractivity contribution in [1.29, 1.82) is 5.26 Å². The molecule has 0 unspecified atom stereocenters. The van der Waals surface area contributed by atoms with Gasteiger partial charge in [-0.25, -0.2) is 13.8 Å². The van der Waals surface area contributed by atoms with Gasteiger partial charge in [0.05, 0.1) is 11.6 Å². The number of halogens is 2. The van der Waals surface area contributed by atoms with Crippen molar-refractivity contribution in [3.05, 3.63) is 53.2 Å². The fourth-order valence-corrected chi connectivity index (χ4v) is 2.80. The highest BCUT2D eigenvalue weighted by atomic mass is 19.1. The highest BCUT2D eigenvalue weighted by molar-refractivity contribution is 5.50. The van der Waals surface area contributed by atoms with Crippen LogP contribution in [-0.4, -0.2) is 11.1 Å². The maximum atomic E-state index is 13.9. The van der Waals surface area contributed by atoms with Crippen molar-refractivity contribution in [3.63, 3.8) is 0 Å². The lowest BCUT2D eigenvalue weighted by molar-refractivity contribution is 0.201. The predicted octanol–water partition coefficient (Wildman–Crippen LogP) is 4.16. The molecule has 1 fully saturated rings. The van der Waals surface area contributed by atoms with Crippen LogP contribution in [0.2, 0.25) is 0 Å². The van der Waals surface area contributed by atoms with Gasteiger partial charge in [-0.15, -0.1) is 0 Å². The Labute approximate surface area is 139 Å². The molecule has 1 saturated carbocycles. The van der Waals surface area contributed by atoms with E-state index >= 15 is 0 Å². The number of rotatable bonds is 5. The van der Waals surface area contributed by atoms with Crippen molar-refractivity contribution in [1.82, 2.24) is 4.98 Å². The molecule has 0 atom stereocenters. The molecule has 1 aromatic carbocycles. The molecule has 24 heavy (non-hydrogen) atoms. The van der Waals surface area contributed by atoms with Gasteiger partial charge in [-0.2, -0.15) is 5.26 Å². The molecular formula is C18H17F2N3O. The summed E-state index contributed by atoms with van der Waals surface area (Å²) in [6.45, 7) is 0.225. The van der Waals surface area contributed by atoms with Crippen molar-refractivity contribution in [3.8, 4) is 11.9 Å². The minimum atomic E-state index is -0.789. The number of benzene rings is 1. The first-order valence-corrected chi connectivity index (χ1v) is 7.90. The van der Waals surface area contributed by atoms with Crippen LogP contribution in [0.4, 0.5) is 14.5 Å². The average Bonchev–Trinajstić information content (AvgIpc) is 3.07. The third kappa shape index (κ3) is 3.80. The van der Waals surface area contributed by atoms with Crippen LogP contribution in [0.15, 0.2) is 30.5 Å². The Morgan fingerprint density at radius 1 is 1.21 bits per heavy atom. The van der Waals surface area contributed by atoms with Crippen molar-refractivity contribution in [2.24, 2.45) is 0 Å². The van der Waals surface area contributed by atoms with E-state index in [0.717, 1.165) is 30.5 Å². The van der Waals surface area contributed by atoms with Crippen LogP contribution in [0, 0.1) is 23.0 Å². The number of ether oxygens (including phenoxy) is 1. The Bertz CT molecular complexity index is 744. The lowest BCUT2D eigenvalue weighted by Gasteiger charge is -2.13. The molecular weight excluding hydrogens is 312 g/mol. The molecule has 1 aliphatic carbocycles. The Balaban J connectivity index is 1.67. The van der Waals surface area contributed by atoms with Gasteiger partial charge in [0.25, 0.3) is 0 Å². The summed E-state index contributed by atoms with van der Waals surface area (Å²) < 4.78 is 33.5. The zero-order chi connectivity index (χ0) is 16.9. The van der Waals surface area contributed by atoms with Crippen LogP contribution >= 0.6 is 0 Å². The number of hydrogen-bond donors (Lipinski definition) is 1. The molecule has 2 aromatic rings. The number of pyridine rings is 1. The predicted molar refractivity (Wildman–Crippen MR) is 85.5 cm³/mol. The van der Waals surface area contributed by atoms with Crippen LogP contribution in [0.1, 0.15) is 36.8 Å². The van der Waals surface area contributed by atoms with Gasteiger partial charge in [0.1, 0.15) is 11.8 Å². The quantitative estimate of drug-likeness (QED) is 0.894. The van der Waals surface area contributed by atoms with Crippen LogP contribution in [-0.2, 0) is 6.54 Å². The molecule has 0 amide bonds. The summed E-state index contributed by atoms with van der Waals surface area (Å²) in [7, 11) is 0. The summed E-state index contributed by atoms with van der Waals surface area (Å²) in [5, 5.41) is 11.4. The molecule has 124 valence electrons. The van der Waals surface area contributed by atoms with E-state index in [2.05, 4.69) is 10.3 Å². The Morgan fingerprint density at radius 2 is 1.92 bits per heavy atom. The lowest BCUT2D eigenvalue weighted by atomic mass is 10.2. The third-order valence-corrected chi connectivity index (χ3v) is 4.03. The number of nitrogens with zero attached hydrogens (tertiary/aromatic N) is 2. The van der Waals surface area contributed by atoms with Crippen molar-refractivity contribution < 1.29 is 13.5 Å². The molecule has 6 heteroatoms. The summed E-state index contributed by atoms with van der Waals surface area (Å²) in [6, 6.07) is 7.26. The largest absolute Gasteiger partial charge is 0.474 e. The SMILES string of the molecule is N#Cc1cc(F)c(NCc2ccnc(OC3CCCC3)c2)c(F)c1. The Hall–Kier alpha value is -2.68. The number of nitrogens with one attached hydrogen (secondary N) is 1. The topological polar surface area (TPSA) is 57.9 Å². The first-order valence-electron chi connectivity index (χ1n) is 7.90. The van der Waals surface area contributed by atoms with Gasteiger partial charge in [0.15, 0.2) is 11.6 Å². The highest BCUT2D eigenvalue weighted by Crippen LogP contribution is 2.24. The second kappa shape index (κ2) is 7.26. The van der Waals surface area contributed by atoms with Crippen LogP contribution in [0.25, 0.3) is 0 Å². The fourth-order valence-electron chi connectivity index (χ4n) is 2.80. The third-order valence-electron chi connectivity index (χ3n) is 4.03. The van der Waals surface area contributed by atoms with E-state index in [-0.39, 0.29) is 23.9 Å². The smallest absolute Gasteiger partial charge is 0.213 e. The Kier molecular flexibility index (Phi) is 4.90. The first kappa shape index (κ1) is 16.2. The van der Waals surface area contributed by atoms with Gasteiger partial charge in [0, 0.05) is 18.8 Å². The normalized spacial score (nSPS) is 14.4. The number of aromatic nitrogens is 1. The number of hydrogen-bond acceptors (Lipinski definition) is 4. The molecule has 0 aliphatic heterocycles. The van der Waals surface area contributed by atoms with Gasteiger partial charge in [-0.1, -0.05) is 0 Å². The van der Waals surface area contributed by atoms with Crippen molar-refractivity contribution in [2.75, 3.05) is 5.32 Å². The summed E-state index contributed by atoms with van der Waals surface area (Å²) in [5.41, 5.74) is 0.511. The van der Waals surface area contributed by atoms with E-state index in [9.17, 15) is 8.78 Å². The molecule has 1 aliphatic rings. The van der Waals surface area contributed by atoms with E-state index in [0.29, 0.717) is 5.88 Å². The molecule has 0 radical (unpaired) electrons. The van der Waals surface area contributed by atoms with Gasteiger partial charge in [0.2, 0.25) is 5.88 Å². The van der Waals surface area contributed by atoms with Crippen molar-refractivity contribution in [2.45, 2.75) is 38.3 Å². The summed E-state index contributed by atoms with van der Waals surface area (Å²) in [4.78, 5) is 4.18. The molecule has 3 rings (SSSR count). The van der Waals surface area contributed by atoms with E-state index in [1.54, 1.807) is 24.4 Å². The molecule has 0 saturated heterocycles. The van der Waals surface area contributed by atoms with Gasteiger partial charge in [-0.05, 0) is 49.4 Å². The van der Waals surface area contributed by atoms with Crippen LogP contribution < -0.4 is 10.1 Å². The summed E-state index contributed by atoms with van der Waals surface area (Å²) >= 11 is 0. The van der Waals surface area contributed by atoms with Gasteiger partial charge >= 0.3 is 0 Å². The van der Waals surface area contributed by atoms with E-state index in [1.165, 1.54) is 12.8 Å². The van der Waals surface area contributed by atoms with Gasteiger partial charge in [-0.3, -0.25) is 0 Å². The first-order chi connectivity index (χ1) is 11.7. The standard InChI is InChI=1S/C18H17F2N3O/c19-15-7-13(10-21)8-16(20)18(15)23-11-12-5-6-22-17(9-12)24-14-3-1-2-4-14/h5-9,14,23H,1-4,11H2. The molecule has 0 bridgehead atoms. The minimum Gasteiger partial charge on any atom is -0.474 e. The zero-order valence-electron chi connectivity index (χ0n) is 13.1. The van der Waals surface area contributed by atoms with Crippen LogP contribution in [0.5, 0.6) is 5.88 Å². The molecule has 1 aromatic heterocycles. The van der Waals surface area contributed by atoms with E-state index < -0.39 is 11.6 Å². The number of anilines is 1. The maximum Gasteiger partial charge on any atom is 0.213 e. The van der Waals surface area contributed by atoms with Crippen LogP contribution in [0.3, 0.4) is 0 Å². The molecule has 1 heterocycles. The second-order valence-electron chi connectivity index (χ2n) is 5.81. The van der Waals surface area contributed by atoms with E-state index in [1.807, 2.05) is 0 Å². The highest BCUT2D eigenvalue weighted by Gasteiger charge is 2.17. The van der Waals surface area contributed by atoms with Gasteiger partial charge < -0.3 is 10.1 Å². The molecule has 4 nitrogen and oxygen atoms in total. The van der Waals surface area contributed by atoms with E-state index in [4.69, 9.17) is 10.00 Å². The lowest BCUT2D eigenvalue weighted by Crippen LogP contribution is -2.12. The number of nitriles is 1. The molecule has 1 N–H and O–H groups in total. The maximum absolute atomic E-state index is 13.9. The minimum absolute atomic E-state index is 0.0493. The summed E-state index contributed by atoms with van der Waals surface area (Å²) in [5.74, 6) is -1.05. The monoisotopic (exact) mass is 329 g/mol. The van der Waals surface area contributed by atoms with Crippen molar-refractivity contribution >= 4 is 5.69 Å². The zero-order valence-corrected chi connectivity index (χ0v) is 13.1. The molecule has 0 spiro atoms. The fraction of sp³-hybridized carbons (Fsp3) is 0.333. The average molecular weight is 329 g/mol. The Morgan fingerprint density at radius 3 is 2.58 bits per heavy atom. The summed E-state index contributed by atoms with van der Waals surface area (Å²) in [6.07, 6.45) is 6.23.